The zero-order valence-corrected chi connectivity index (χ0v) is 16.8. The Morgan fingerprint density at radius 1 is 1.09 bits per heavy atom. The lowest BCUT2D eigenvalue weighted by Gasteiger charge is -2.32. The molecule has 3 aromatic rings. The predicted molar refractivity (Wildman–Crippen MR) is 106 cm³/mol. The minimum Gasteiger partial charge on any atom is -0.492 e. The van der Waals surface area contributed by atoms with Crippen LogP contribution >= 0.6 is 0 Å². The van der Waals surface area contributed by atoms with E-state index in [1.165, 1.54) is 30.3 Å². The maximum absolute atomic E-state index is 13.1. The Bertz CT molecular complexity index is 1080. The Hall–Kier alpha value is -3.44. The Balaban J connectivity index is 1.27. The third-order valence-electron chi connectivity index (χ3n) is 5.18. The monoisotopic (exact) mass is 452 g/mol. The number of nitrogens with zero attached hydrogens (tertiary/aromatic N) is 5. The zero-order valence-electron chi connectivity index (χ0n) is 16.8. The molecule has 1 fully saturated rings. The van der Waals surface area contributed by atoms with Gasteiger partial charge in [-0.15, -0.1) is 15.3 Å². The van der Waals surface area contributed by atoms with Gasteiger partial charge in [0.1, 0.15) is 24.0 Å². The maximum atomic E-state index is 13.1. The van der Waals surface area contributed by atoms with Crippen molar-refractivity contribution in [1.29, 1.82) is 0 Å². The molecule has 2 aromatic heterocycles. The molecule has 1 aliphatic rings. The second kappa shape index (κ2) is 8.97. The summed E-state index contributed by atoms with van der Waals surface area (Å²) in [6.07, 6.45) is -3.58. The number of ether oxygens (including phenoxy) is 1. The first-order valence-electron chi connectivity index (χ1n) is 10.0. The molecule has 0 unspecified atom stereocenters. The van der Waals surface area contributed by atoms with E-state index < -0.39 is 12.0 Å². The first kappa shape index (κ1) is 21.8. The van der Waals surface area contributed by atoms with Crippen molar-refractivity contribution >= 4 is 17.4 Å². The number of hydrogen-bond donors (Lipinski definition) is 1. The molecule has 1 N–H and O–H groups in total. The van der Waals surface area contributed by atoms with E-state index in [0.29, 0.717) is 48.6 Å². The average molecular weight is 452 g/mol. The average Bonchev–Trinajstić information content (AvgIpc) is 3.22. The number of hydrogen-bond acceptors (Lipinski definition) is 6. The van der Waals surface area contributed by atoms with Crippen molar-refractivity contribution in [2.45, 2.75) is 19.0 Å². The van der Waals surface area contributed by atoms with Crippen LogP contribution in [0.4, 0.5) is 23.4 Å². The van der Waals surface area contributed by atoms with Gasteiger partial charge < -0.3 is 15.0 Å². The van der Waals surface area contributed by atoms with E-state index >= 15 is 0 Å². The van der Waals surface area contributed by atoms with Crippen LogP contribution in [-0.4, -0.2) is 52.0 Å². The van der Waals surface area contributed by atoms with Crippen molar-refractivity contribution in [2.24, 2.45) is 5.92 Å². The minimum absolute atomic E-state index is 0.0122. The molecular formula is C20H20F4N6O2. The summed E-state index contributed by atoms with van der Waals surface area (Å²) >= 11 is 0. The van der Waals surface area contributed by atoms with E-state index in [2.05, 4.69) is 20.6 Å². The van der Waals surface area contributed by atoms with Gasteiger partial charge in [0.2, 0.25) is 5.91 Å². The SMILES string of the molecule is O=C(NCCOc1ccc(F)cc1)C1CCN(c2ccc3nnc(C(F)(F)F)n3n2)CC1. The standard InChI is InChI=1S/C20H20F4N6O2/c21-14-1-3-15(4-2-14)32-12-9-25-18(31)13-7-10-29(11-8-13)17-6-5-16-26-27-19(20(22,23)24)30(16)28-17/h1-6,13H,7-12H2,(H,25,31). The fraction of sp³-hybridized carbons (Fsp3) is 0.400. The first-order chi connectivity index (χ1) is 15.3. The van der Waals surface area contributed by atoms with Crippen molar-refractivity contribution in [3.05, 3.63) is 48.0 Å². The minimum atomic E-state index is -4.66. The third-order valence-corrected chi connectivity index (χ3v) is 5.18. The summed E-state index contributed by atoms with van der Waals surface area (Å²) in [5.74, 6) is -0.953. The zero-order chi connectivity index (χ0) is 22.7. The number of fused-ring (bicyclic) bond motifs is 1. The summed E-state index contributed by atoms with van der Waals surface area (Å²) in [5.41, 5.74) is 0.0122. The highest BCUT2D eigenvalue weighted by Crippen LogP contribution is 2.28. The summed E-state index contributed by atoms with van der Waals surface area (Å²) in [6.45, 7) is 1.52. The van der Waals surface area contributed by atoms with Crippen LogP contribution in [0.15, 0.2) is 36.4 Å². The van der Waals surface area contributed by atoms with E-state index in [1.807, 2.05) is 4.90 Å². The molecular weight excluding hydrogens is 432 g/mol. The van der Waals surface area contributed by atoms with Gasteiger partial charge in [-0.25, -0.2) is 4.39 Å². The van der Waals surface area contributed by atoms with Gasteiger partial charge in [-0.1, -0.05) is 0 Å². The largest absolute Gasteiger partial charge is 0.492 e. The van der Waals surface area contributed by atoms with Crippen LogP contribution in [0, 0.1) is 11.7 Å². The molecule has 0 radical (unpaired) electrons. The Labute approximate surface area is 180 Å². The summed E-state index contributed by atoms with van der Waals surface area (Å²) in [4.78, 5) is 14.2. The fourth-order valence-electron chi connectivity index (χ4n) is 3.51. The lowest BCUT2D eigenvalue weighted by molar-refractivity contribution is -0.146. The van der Waals surface area contributed by atoms with E-state index in [0.717, 1.165) is 0 Å². The number of carbonyl (C=O) groups excluding carboxylic acids is 1. The molecule has 1 saturated heterocycles. The van der Waals surface area contributed by atoms with E-state index in [4.69, 9.17) is 4.74 Å². The second-order valence-electron chi connectivity index (χ2n) is 7.34. The molecule has 0 bridgehead atoms. The van der Waals surface area contributed by atoms with Gasteiger partial charge in [0, 0.05) is 19.0 Å². The van der Waals surface area contributed by atoms with Crippen LogP contribution in [-0.2, 0) is 11.0 Å². The second-order valence-corrected chi connectivity index (χ2v) is 7.34. The lowest BCUT2D eigenvalue weighted by Crippen LogP contribution is -2.41. The first-order valence-corrected chi connectivity index (χ1v) is 10.0. The van der Waals surface area contributed by atoms with Gasteiger partial charge >= 0.3 is 6.18 Å². The van der Waals surface area contributed by atoms with E-state index in [-0.39, 0.29) is 29.9 Å². The molecule has 1 aromatic carbocycles. The third kappa shape index (κ3) is 4.89. The van der Waals surface area contributed by atoms with Gasteiger partial charge in [-0.3, -0.25) is 4.79 Å². The van der Waals surface area contributed by atoms with Crippen molar-refractivity contribution in [2.75, 3.05) is 31.1 Å². The molecule has 32 heavy (non-hydrogen) atoms. The summed E-state index contributed by atoms with van der Waals surface area (Å²) in [5, 5.41) is 13.5. The van der Waals surface area contributed by atoms with Crippen LogP contribution in [0.3, 0.4) is 0 Å². The van der Waals surface area contributed by atoms with Crippen molar-refractivity contribution in [3.63, 3.8) is 0 Å². The normalized spacial score (nSPS) is 15.2. The number of amides is 1. The fourth-order valence-corrected chi connectivity index (χ4v) is 3.51. The summed E-state index contributed by atoms with van der Waals surface area (Å²) < 4.78 is 58.2. The maximum Gasteiger partial charge on any atom is 0.453 e. The predicted octanol–water partition coefficient (Wildman–Crippen LogP) is 2.69. The van der Waals surface area contributed by atoms with Crippen LogP contribution in [0.5, 0.6) is 5.75 Å². The number of nitrogens with one attached hydrogen (secondary N) is 1. The molecule has 170 valence electrons. The number of anilines is 1. The van der Waals surface area contributed by atoms with Crippen LogP contribution < -0.4 is 15.0 Å². The molecule has 0 aliphatic carbocycles. The Morgan fingerprint density at radius 2 is 1.81 bits per heavy atom. The molecule has 4 rings (SSSR count). The van der Waals surface area contributed by atoms with Crippen molar-refractivity contribution in [1.82, 2.24) is 25.1 Å². The highest BCUT2D eigenvalue weighted by Gasteiger charge is 2.38. The van der Waals surface area contributed by atoms with Gasteiger partial charge in [0.15, 0.2) is 5.65 Å². The van der Waals surface area contributed by atoms with Crippen LogP contribution in [0.1, 0.15) is 18.7 Å². The van der Waals surface area contributed by atoms with Crippen LogP contribution in [0.25, 0.3) is 5.65 Å². The Kier molecular flexibility index (Phi) is 6.10. The molecule has 0 spiro atoms. The van der Waals surface area contributed by atoms with E-state index in [9.17, 15) is 22.4 Å². The van der Waals surface area contributed by atoms with Crippen LogP contribution in [0.2, 0.25) is 0 Å². The number of halogens is 4. The summed E-state index contributed by atoms with van der Waals surface area (Å²) in [7, 11) is 0. The number of rotatable bonds is 6. The number of piperidine rings is 1. The number of aromatic nitrogens is 4. The molecule has 3 heterocycles. The molecule has 0 atom stereocenters. The number of carbonyl (C=O) groups is 1. The van der Waals surface area contributed by atoms with Gasteiger partial charge in [0.25, 0.3) is 5.82 Å². The van der Waals surface area contributed by atoms with Crippen molar-refractivity contribution in [3.8, 4) is 5.75 Å². The lowest BCUT2D eigenvalue weighted by atomic mass is 9.96. The van der Waals surface area contributed by atoms with E-state index in [1.54, 1.807) is 6.07 Å². The van der Waals surface area contributed by atoms with Gasteiger partial charge in [-0.2, -0.15) is 17.7 Å². The summed E-state index contributed by atoms with van der Waals surface area (Å²) in [6, 6.07) is 8.64. The smallest absolute Gasteiger partial charge is 0.453 e. The Morgan fingerprint density at radius 3 is 2.50 bits per heavy atom. The molecule has 8 nitrogen and oxygen atoms in total. The quantitative estimate of drug-likeness (QED) is 0.457. The van der Waals surface area contributed by atoms with Crippen molar-refractivity contribution < 1.29 is 27.1 Å². The molecule has 1 amide bonds. The topological polar surface area (TPSA) is 84.6 Å². The molecule has 12 heteroatoms. The van der Waals surface area contributed by atoms with Gasteiger partial charge in [0.05, 0.1) is 6.54 Å². The van der Waals surface area contributed by atoms with Gasteiger partial charge in [-0.05, 0) is 49.2 Å². The number of alkyl halides is 3. The highest BCUT2D eigenvalue weighted by atomic mass is 19.4. The number of benzene rings is 1. The molecule has 0 saturated carbocycles. The highest BCUT2D eigenvalue weighted by molar-refractivity contribution is 5.79. The molecule has 1 aliphatic heterocycles.